The highest BCUT2D eigenvalue weighted by Gasteiger charge is 2.39. The summed E-state index contributed by atoms with van der Waals surface area (Å²) in [7, 11) is 0. The van der Waals surface area contributed by atoms with Crippen LogP contribution >= 0.6 is 0 Å². The van der Waals surface area contributed by atoms with E-state index in [-0.39, 0.29) is 13.0 Å². The normalized spacial score (nSPS) is 31.7. The first-order chi connectivity index (χ1) is 6.70. The highest BCUT2D eigenvalue weighted by molar-refractivity contribution is 5.81. The standard InChI is InChI=1S/C7H10F4N2O2/c1-6(8)2-4(12-3-6)5(14)13-15-7(9,10)11/h4,12H,2-3H2,1H3,(H,13,14)/t4-,6?/m0/s1. The van der Waals surface area contributed by atoms with Crippen LogP contribution in [0.25, 0.3) is 0 Å². The molecule has 2 N–H and O–H groups in total. The lowest BCUT2D eigenvalue weighted by Crippen LogP contribution is -2.42. The number of hydroxylamine groups is 1. The number of hydrogen-bond donors (Lipinski definition) is 2. The fraction of sp³-hybridized carbons (Fsp3) is 0.857. The molecule has 0 aromatic carbocycles. The van der Waals surface area contributed by atoms with Crippen molar-refractivity contribution in [1.29, 1.82) is 0 Å². The Morgan fingerprint density at radius 1 is 1.60 bits per heavy atom. The van der Waals surface area contributed by atoms with Crippen molar-refractivity contribution in [3.63, 3.8) is 0 Å². The van der Waals surface area contributed by atoms with Gasteiger partial charge in [-0.15, -0.1) is 13.2 Å². The molecule has 0 radical (unpaired) electrons. The van der Waals surface area contributed by atoms with Crippen LogP contribution in [0.15, 0.2) is 0 Å². The lowest BCUT2D eigenvalue weighted by atomic mass is 10.1. The Morgan fingerprint density at radius 3 is 2.60 bits per heavy atom. The zero-order valence-corrected chi connectivity index (χ0v) is 7.82. The monoisotopic (exact) mass is 230 g/mol. The van der Waals surface area contributed by atoms with Crippen molar-refractivity contribution in [2.24, 2.45) is 0 Å². The van der Waals surface area contributed by atoms with Gasteiger partial charge in [0.2, 0.25) is 0 Å². The third-order valence-electron chi connectivity index (χ3n) is 1.93. The second-order valence-corrected chi connectivity index (χ2v) is 3.57. The van der Waals surface area contributed by atoms with Crippen LogP contribution in [0.1, 0.15) is 13.3 Å². The Morgan fingerprint density at radius 2 is 2.20 bits per heavy atom. The molecular formula is C7H10F4N2O2. The molecule has 0 bridgehead atoms. The third-order valence-corrected chi connectivity index (χ3v) is 1.93. The van der Waals surface area contributed by atoms with E-state index in [1.807, 2.05) is 0 Å². The van der Waals surface area contributed by atoms with E-state index in [0.717, 1.165) is 0 Å². The van der Waals surface area contributed by atoms with E-state index in [4.69, 9.17) is 0 Å². The lowest BCUT2D eigenvalue weighted by molar-refractivity contribution is -0.346. The van der Waals surface area contributed by atoms with Gasteiger partial charge in [0.25, 0.3) is 5.91 Å². The van der Waals surface area contributed by atoms with Crippen LogP contribution in [-0.2, 0) is 9.63 Å². The van der Waals surface area contributed by atoms with E-state index >= 15 is 0 Å². The number of halogens is 4. The minimum atomic E-state index is -4.94. The number of hydrogen-bond acceptors (Lipinski definition) is 3. The van der Waals surface area contributed by atoms with E-state index in [0.29, 0.717) is 0 Å². The SMILES string of the molecule is CC1(F)CN[C@H](C(=O)NOC(F)(F)F)C1. The van der Waals surface area contributed by atoms with Crippen molar-refractivity contribution in [1.82, 2.24) is 10.8 Å². The summed E-state index contributed by atoms with van der Waals surface area (Å²) in [5.74, 6) is -1.03. The summed E-state index contributed by atoms with van der Waals surface area (Å²) in [6, 6.07) is -0.998. The number of carbonyl (C=O) groups excluding carboxylic acids is 1. The van der Waals surface area contributed by atoms with Crippen molar-refractivity contribution in [2.45, 2.75) is 31.4 Å². The number of carbonyl (C=O) groups is 1. The maximum atomic E-state index is 13.2. The molecule has 0 aliphatic carbocycles. The van der Waals surface area contributed by atoms with Crippen molar-refractivity contribution in [3.05, 3.63) is 0 Å². The topological polar surface area (TPSA) is 50.4 Å². The van der Waals surface area contributed by atoms with Gasteiger partial charge in [0.1, 0.15) is 5.67 Å². The predicted molar refractivity (Wildman–Crippen MR) is 41.2 cm³/mol. The Hall–Kier alpha value is -0.890. The molecule has 1 aliphatic heterocycles. The van der Waals surface area contributed by atoms with Crippen LogP contribution in [0.4, 0.5) is 17.6 Å². The Labute approximate surface area is 82.9 Å². The summed E-state index contributed by atoms with van der Waals surface area (Å²) in [6.07, 6.45) is -5.12. The van der Waals surface area contributed by atoms with Crippen LogP contribution in [-0.4, -0.2) is 30.5 Å². The average Bonchev–Trinajstić information content (AvgIpc) is 2.40. The molecule has 0 aromatic heterocycles. The van der Waals surface area contributed by atoms with Gasteiger partial charge in [0.15, 0.2) is 0 Å². The zero-order valence-electron chi connectivity index (χ0n) is 7.82. The summed E-state index contributed by atoms with van der Waals surface area (Å²) < 4.78 is 47.8. The van der Waals surface area contributed by atoms with Crippen LogP contribution in [0, 0.1) is 0 Å². The van der Waals surface area contributed by atoms with E-state index in [1.165, 1.54) is 12.4 Å². The number of nitrogens with one attached hydrogen (secondary N) is 2. The Bertz CT molecular complexity index is 254. The largest absolute Gasteiger partial charge is 0.543 e. The number of rotatable bonds is 2. The summed E-state index contributed by atoms with van der Waals surface area (Å²) in [4.78, 5) is 14.1. The molecule has 0 aromatic rings. The van der Waals surface area contributed by atoms with Crippen molar-refractivity contribution >= 4 is 5.91 Å². The van der Waals surface area contributed by atoms with Crippen LogP contribution in [0.3, 0.4) is 0 Å². The van der Waals surface area contributed by atoms with Gasteiger partial charge in [-0.05, 0) is 6.92 Å². The van der Waals surface area contributed by atoms with E-state index in [9.17, 15) is 22.4 Å². The van der Waals surface area contributed by atoms with E-state index in [1.54, 1.807) is 0 Å². The second-order valence-electron chi connectivity index (χ2n) is 3.57. The van der Waals surface area contributed by atoms with Crippen molar-refractivity contribution < 1.29 is 27.2 Å². The lowest BCUT2D eigenvalue weighted by Gasteiger charge is -2.13. The smallest absolute Gasteiger partial charge is 0.303 e. The van der Waals surface area contributed by atoms with Gasteiger partial charge in [-0.2, -0.15) is 4.84 Å². The molecule has 1 rings (SSSR count). The molecule has 88 valence electrons. The summed E-state index contributed by atoms with van der Waals surface area (Å²) in [5.41, 5.74) is -0.374. The quantitative estimate of drug-likeness (QED) is 0.540. The molecule has 1 saturated heterocycles. The molecule has 1 aliphatic rings. The molecule has 0 saturated carbocycles. The van der Waals surface area contributed by atoms with Gasteiger partial charge in [-0.3, -0.25) is 4.79 Å². The molecular weight excluding hydrogens is 220 g/mol. The number of alkyl halides is 4. The molecule has 1 unspecified atom stereocenters. The average molecular weight is 230 g/mol. The highest BCUT2D eigenvalue weighted by Crippen LogP contribution is 2.23. The minimum absolute atomic E-state index is 0.0723. The predicted octanol–water partition coefficient (Wildman–Crippen LogP) is 0.644. The van der Waals surface area contributed by atoms with Gasteiger partial charge < -0.3 is 5.32 Å². The summed E-state index contributed by atoms with van der Waals surface area (Å²) in [5, 5.41) is 2.45. The molecule has 8 heteroatoms. The first-order valence-corrected chi connectivity index (χ1v) is 4.16. The van der Waals surface area contributed by atoms with Gasteiger partial charge in [0.05, 0.1) is 6.04 Å². The third kappa shape index (κ3) is 4.00. The van der Waals surface area contributed by atoms with E-state index in [2.05, 4.69) is 10.2 Å². The summed E-state index contributed by atoms with van der Waals surface area (Å²) in [6.45, 7) is 1.19. The van der Waals surface area contributed by atoms with Gasteiger partial charge in [-0.1, -0.05) is 0 Å². The highest BCUT2D eigenvalue weighted by atomic mass is 19.4. The first kappa shape index (κ1) is 12.2. The first-order valence-electron chi connectivity index (χ1n) is 4.16. The zero-order chi connectivity index (χ0) is 11.7. The minimum Gasteiger partial charge on any atom is -0.303 e. The second kappa shape index (κ2) is 3.93. The molecule has 15 heavy (non-hydrogen) atoms. The van der Waals surface area contributed by atoms with Crippen molar-refractivity contribution in [2.75, 3.05) is 6.54 Å². The Balaban J connectivity index is 2.37. The van der Waals surface area contributed by atoms with Crippen LogP contribution in [0.5, 0.6) is 0 Å². The molecule has 1 amide bonds. The number of amides is 1. The maximum absolute atomic E-state index is 13.2. The van der Waals surface area contributed by atoms with Crippen LogP contribution < -0.4 is 10.8 Å². The van der Waals surface area contributed by atoms with Crippen LogP contribution in [0.2, 0.25) is 0 Å². The fourth-order valence-electron chi connectivity index (χ4n) is 1.27. The summed E-state index contributed by atoms with van der Waals surface area (Å²) >= 11 is 0. The maximum Gasteiger partial charge on any atom is 0.543 e. The molecule has 4 nitrogen and oxygen atoms in total. The van der Waals surface area contributed by atoms with Gasteiger partial charge in [0, 0.05) is 13.0 Å². The molecule has 1 heterocycles. The Kier molecular flexibility index (Phi) is 3.19. The fourth-order valence-corrected chi connectivity index (χ4v) is 1.27. The molecule has 2 atom stereocenters. The van der Waals surface area contributed by atoms with Crippen molar-refractivity contribution in [3.8, 4) is 0 Å². The molecule has 1 fully saturated rings. The van der Waals surface area contributed by atoms with Gasteiger partial charge >= 0.3 is 6.36 Å². The molecule has 0 spiro atoms. The van der Waals surface area contributed by atoms with E-state index < -0.39 is 24.0 Å². The van der Waals surface area contributed by atoms with Gasteiger partial charge in [-0.25, -0.2) is 9.87 Å².